The maximum absolute atomic E-state index is 11.5. The zero-order valence-corrected chi connectivity index (χ0v) is 11.1. The Morgan fingerprint density at radius 2 is 2.11 bits per heavy atom. The molecule has 0 aliphatic rings. The van der Waals surface area contributed by atoms with E-state index in [0.29, 0.717) is 23.0 Å². The standard InChI is InChI=1S/C14H13ClN2O2/c1-2-19-14(18)10-7-8-13(16-9-10)17-12-6-4-3-5-11(12)15/h3-9H,2H2,1H3,(H,16,17). The first-order chi connectivity index (χ1) is 9.20. The van der Waals surface area contributed by atoms with Crippen molar-refractivity contribution in [1.29, 1.82) is 0 Å². The van der Waals surface area contributed by atoms with Crippen molar-refractivity contribution in [3.05, 3.63) is 53.2 Å². The Morgan fingerprint density at radius 1 is 1.32 bits per heavy atom. The van der Waals surface area contributed by atoms with E-state index < -0.39 is 0 Å². The number of esters is 1. The van der Waals surface area contributed by atoms with Gasteiger partial charge in [0.05, 0.1) is 22.9 Å². The quantitative estimate of drug-likeness (QED) is 0.866. The number of pyridine rings is 1. The van der Waals surface area contributed by atoms with Crippen LogP contribution in [0.2, 0.25) is 5.02 Å². The maximum atomic E-state index is 11.5. The Bertz CT molecular complexity index is 570. The van der Waals surface area contributed by atoms with Crippen LogP contribution in [0.3, 0.4) is 0 Å². The predicted octanol–water partition coefficient (Wildman–Crippen LogP) is 3.66. The summed E-state index contributed by atoms with van der Waals surface area (Å²) in [5.74, 6) is 0.237. The molecule has 0 atom stereocenters. The van der Waals surface area contributed by atoms with Crippen molar-refractivity contribution < 1.29 is 9.53 Å². The number of nitrogens with zero attached hydrogens (tertiary/aromatic N) is 1. The van der Waals surface area contributed by atoms with Crippen LogP contribution in [0.5, 0.6) is 0 Å². The van der Waals surface area contributed by atoms with E-state index in [0.717, 1.165) is 5.69 Å². The number of carbonyl (C=O) groups is 1. The van der Waals surface area contributed by atoms with E-state index in [1.165, 1.54) is 6.20 Å². The number of para-hydroxylation sites is 1. The topological polar surface area (TPSA) is 51.2 Å². The lowest BCUT2D eigenvalue weighted by Crippen LogP contribution is -2.05. The highest BCUT2D eigenvalue weighted by molar-refractivity contribution is 6.33. The first-order valence-corrected chi connectivity index (χ1v) is 6.23. The minimum atomic E-state index is -0.376. The summed E-state index contributed by atoms with van der Waals surface area (Å²) in [6.45, 7) is 2.11. The Hall–Kier alpha value is -2.07. The van der Waals surface area contributed by atoms with E-state index in [4.69, 9.17) is 16.3 Å². The molecular weight excluding hydrogens is 264 g/mol. The molecule has 4 nitrogen and oxygen atoms in total. The molecule has 0 radical (unpaired) electrons. The van der Waals surface area contributed by atoms with E-state index in [9.17, 15) is 4.79 Å². The van der Waals surface area contributed by atoms with Crippen molar-refractivity contribution in [3.8, 4) is 0 Å². The molecule has 0 fully saturated rings. The van der Waals surface area contributed by atoms with Gasteiger partial charge in [-0.15, -0.1) is 0 Å². The molecule has 0 aliphatic carbocycles. The van der Waals surface area contributed by atoms with Crippen LogP contribution >= 0.6 is 11.6 Å². The minimum absolute atomic E-state index is 0.346. The van der Waals surface area contributed by atoms with Gasteiger partial charge in [0.15, 0.2) is 0 Å². The average Bonchev–Trinajstić information content (AvgIpc) is 2.42. The number of aromatic nitrogens is 1. The second kappa shape index (κ2) is 6.20. The number of benzene rings is 1. The summed E-state index contributed by atoms with van der Waals surface area (Å²) < 4.78 is 4.88. The molecule has 0 bridgehead atoms. The third kappa shape index (κ3) is 3.45. The number of hydrogen-bond acceptors (Lipinski definition) is 4. The number of anilines is 2. The minimum Gasteiger partial charge on any atom is -0.462 e. The van der Waals surface area contributed by atoms with E-state index in [1.807, 2.05) is 18.2 Å². The highest BCUT2D eigenvalue weighted by Crippen LogP contribution is 2.23. The number of hydrogen-bond donors (Lipinski definition) is 1. The van der Waals surface area contributed by atoms with Gasteiger partial charge in [0, 0.05) is 6.20 Å². The van der Waals surface area contributed by atoms with Crippen LogP contribution in [0, 0.1) is 0 Å². The molecule has 0 spiro atoms. The highest BCUT2D eigenvalue weighted by Gasteiger charge is 2.07. The van der Waals surface area contributed by atoms with Gasteiger partial charge in [-0.05, 0) is 31.2 Å². The third-order valence-electron chi connectivity index (χ3n) is 2.41. The Balaban J connectivity index is 2.11. The third-order valence-corrected chi connectivity index (χ3v) is 2.74. The van der Waals surface area contributed by atoms with E-state index in [-0.39, 0.29) is 5.97 Å². The Labute approximate surface area is 116 Å². The van der Waals surface area contributed by atoms with Gasteiger partial charge in [-0.1, -0.05) is 23.7 Å². The van der Waals surface area contributed by atoms with Gasteiger partial charge in [-0.3, -0.25) is 0 Å². The van der Waals surface area contributed by atoms with Gasteiger partial charge in [-0.2, -0.15) is 0 Å². The summed E-state index contributed by atoms with van der Waals surface area (Å²) in [5, 5.41) is 3.69. The average molecular weight is 277 g/mol. The molecule has 19 heavy (non-hydrogen) atoms. The SMILES string of the molecule is CCOC(=O)c1ccc(Nc2ccccc2Cl)nc1. The lowest BCUT2D eigenvalue weighted by molar-refractivity contribution is 0.0526. The summed E-state index contributed by atoms with van der Waals surface area (Å²) >= 11 is 6.03. The van der Waals surface area contributed by atoms with E-state index in [1.54, 1.807) is 25.1 Å². The normalized spacial score (nSPS) is 10.0. The van der Waals surface area contributed by atoms with Crippen LogP contribution in [0.1, 0.15) is 17.3 Å². The van der Waals surface area contributed by atoms with Crippen LogP contribution in [0.4, 0.5) is 11.5 Å². The van der Waals surface area contributed by atoms with Crippen molar-refractivity contribution in [2.24, 2.45) is 0 Å². The van der Waals surface area contributed by atoms with Crippen molar-refractivity contribution in [1.82, 2.24) is 4.98 Å². The van der Waals surface area contributed by atoms with Crippen molar-refractivity contribution in [3.63, 3.8) is 0 Å². The molecule has 0 aliphatic heterocycles. The Kier molecular flexibility index (Phi) is 4.36. The summed E-state index contributed by atoms with van der Waals surface area (Å²) in [7, 11) is 0. The molecule has 1 aromatic heterocycles. The number of halogens is 1. The molecule has 0 saturated carbocycles. The van der Waals surface area contributed by atoms with Gasteiger partial charge in [0.25, 0.3) is 0 Å². The fourth-order valence-electron chi connectivity index (χ4n) is 1.50. The molecule has 2 rings (SSSR count). The monoisotopic (exact) mass is 276 g/mol. The van der Waals surface area contributed by atoms with Crippen LogP contribution in [0.15, 0.2) is 42.6 Å². The van der Waals surface area contributed by atoms with E-state index in [2.05, 4.69) is 10.3 Å². The fourth-order valence-corrected chi connectivity index (χ4v) is 1.69. The molecule has 1 N–H and O–H groups in total. The molecule has 0 unspecified atom stereocenters. The smallest absolute Gasteiger partial charge is 0.339 e. The number of nitrogens with one attached hydrogen (secondary N) is 1. The highest BCUT2D eigenvalue weighted by atomic mass is 35.5. The van der Waals surface area contributed by atoms with Crippen LogP contribution in [-0.2, 0) is 4.74 Å². The second-order valence-electron chi connectivity index (χ2n) is 3.76. The Morgan fingerprint density at radius 3 is 2.74 bits per heavy atom. The van der Waals surface area contributed by atoms with Crippen LogP contribution in [-0.4, -0.2) is 17.6 Å². The lowest BCUT2D eigenvalue weighted by Gasteiger charge is -2.07. The van der Waals surface area contributed by atoms with Crippen molar-refractivity contribution >= 4 is 29.1 Å². The predicted molar refractivity (Wildman–Crippen MR) is 74.9 cm³/mol. The largest absolute Gasteiger partial charge is 0.462 e. The maximum Gasteiger partial charge on any atom is 0.339 e. The van der Waals surface area contributed by atoms with Gasteiger partial charge in [0.1, 0.15) is 5.82 Å². The molecule has 1 heterocycles. The summed E-state index contributed by atoms with van der Waals surface area (Å²) in [6, 6.07) is 10.7. The van der Waals surface area contributed by atoms with Crippen molar-refractivity contribution in [2.45, 2.75) is 6.92 Å². The molecule has 2 aromatic rings. The fraction of sp³-hybridized carbons (Fsp3) is 0.143. The van der Waals surface area contributed by atoms with Gasteiger partial charge >= 0.3 is 5.97 Å². The van der Waals surface area contributed by atoms with Gasteiger partial charge in [-0.25, -0.2) is 9.78 Å². The number of rotatable bonds is 4. The van der Waals surface area contributed by atoms with Crippen LogP contribution in [0.25, 0.3) is 0 Å². The van der Waals surface area contributed by atoms with Crippen LogP contribution < -0.4 is 5.32 Å². The van der Waals surface area contributed by atoms with E-state index >= 15 is 0 Å². The number of carbonyl (C=O) groups excluding carboxylic acids is 1. The summed E-state index contributed by atoms with van der Waals surface area (Å²) in [6.07, 6.45) is 1.47. The number of ether oxygens (including phenoxy) is 1. The zero-order valence-electron chi connectivity index (χ0n) is 10.4. The molecule has 0 saturated heterocycles. The zero-order chi connectivity index (χ0) is 13.7. The summed E-state index contributed by atoms with van der Waals surface area (Å²) in [5.41, 5.74) is 1.19. The lowest BCUT2D eigenvalue weighted by atomic mass is 10.2. The first kappa shape index (κ1) is 13.4. The molecule has 5 heteroatoms. The van der Waals surface area contributed by atoms with Gasteiger partial charge < -0.3 is 10.1 Å². The molecule has 98 valence electrons. The molecule has 1 aromatic carbocycles. The van der Waals surface area contributed by atoms with Gasteiger partial charge in [0.2, 0.25) is 0 Å². The second-order valence-corrected chi connectivity index (χ2v) is 4.16. The first-order valence-electron chi connectivity index (χ1n) is 5.85. The summed E-state index contributed by atoms with van der Waals surface area (Å²) in [4.78, 5) is 15.6. The molecular formula is C14H13ClN2O2. The van der Waals surface area contributed by atoms with Crippen molar-refractivity contribution in [2.75, 3.05) is 11.9 Å². The molecule has 0 amide bonds.